The summed E-state index contributed by atoms with van der Waals surface area (Å²) in [6.07, 6.45) is -0.861. The number of anilines is 1. The molecule has 0 N–H and O–H groups in total. The molecular weight excluding hydrogens is 424 g/mol. The molecule has 2 heterocycles. The number of nitrogens with zero attached hydrogens (tertiary/aromatic N) is 3. The molecule has 0 bridgehead atoms. The molecule has 6 nitrogen and oxygen atoms in total. The van der Waals surface area contributed by atoms with E-state index in [4.69, 9.17) is 9.47 Å². The molecule has 0 spiro atoms. The van der Waals surface area contributed by atoms with Crippen molar-refractivity contribution in [2.45, 2.75) is 20.0 Å². The first kappa shape index (κ1) is 21.5. The van der Waals surface area contributed by atoms with Gasteiger partial charge in [0.1, 0.15) is 17.9 Å². The second-order valence-corrected chi connectivity index (χ2v) is 8.12. The first-order valence-electron chi connectivity index (χ1n) is 10.2. The Hall–Kier alpha value is -2.78. The Morgan fingerprint density at radius 2 is 1.90 bits per heavy atom. The van der Waals surface area contributed by atoms with Crippen molar-refractivity contribution in [3.8, 4) is 11.5 Å². The van der Waals surface area contributed by atoms with Gasteiger partial charge in [-0.15, -0.1) is 0 Å². The number of aromatic nitrogens is 1. The lowest BCUT2D eigenvalue weighted by molar-refractivity contribution is -0.127. The molecule has 9 heteroatoms. The van der Waals surface area contributed by atoms with Crippen LogP contribution in [0.25, 0.3) is 10.2 Å². The van der Waals surface area contributed by atoms with Gasteiger partial charge >= 0.3 is 0 Å². The highest BCUT2D eigenvalue weighted by atomic mass is 32.1. The van der Waals surface area contributed by atoms with Crippen molar-refractivity contribution in [2.75, 3.05) is 37.7 Å². The highest BCUT2D eigenvalue weighted by Crippen LogP contribution is 2.34. The molecule has 3 aromatic rings. The zero-order valence-electron chi connectivity index (χ0n) is 17.3. The Kier molecular flexibility index (Phi) is 6.33. The molecule has 31 heavy (non-hydrogen) atoms. The minimum absolute atomic E-state index is 0.0493. The van der Waals surface area contributed by atoms with E-state index in [1.54, 1.807) is 18.2 Å². The predicted octanol–water partition coefficient (Wildman–Crippen LogP) is 4.09. The van der Waals surface area contributed by atoms with Crippen molar-refractivity contribution < 1.29 is 23.0 Å². The smallest absolute Gasteiger partial charge is 0.273 e. The standard InChI is InChI=1S/C22H23F2N3O3S/c1-3-26(4-2)9-10-27(22-25-20-15(24)11-14(23)12-19(20)31-22)21(28)18-13-29-16-7-5-6-8-17(16)30-18/h5-8,11-12,18H,3-4,9-10,13H2,1-2H3. The van der Waals surface area contributed by atoms with Crippen LogP contribution in [0.5, 0.6) is 11.5 Å². The minimum atomic E-state index is -0.861. The maximum absolute atomic E-state index is 14.2. The van der Waals surface area contributed by atoms with Crippen LogP contribution in [0, 0.1) is 11.6 Å². The molecule has 1 aliphatic rings. The molecule has 1 atom stereocenters. The van der Waals surface area contributed by atoms with Gasteiger partial charge in [0.25, 0.3) is 5.91 Å². The Labute approximate surface area is 183 Å². The third-order valence-corrected chi connectivity index (χ3v) is 6.24. The Morgan fingerprint density at radius 3 is 2.65 bits per heavy atom. The van der Waals surface area contributed by atoms with Crippen LogP contribution < -0.4 is 14.4 Å². The summed E-state index contributed by atoms with van der Waals surface area (Å²) in [4.78, 5) is 21.4. The van der Waals surface area contributed by atoms with E-state index in [-0.39, 0.29) is 18.0 Å². The van der Waals surface area contributed by atoms with Gasteiger partial charge in [-0.1, -0.05) is 37.3 Å². The van der Waals surface area contributed by atoms with Gasteiger partial charge < -0.3 is 14.4 Å². The van der Waals surface area contributed by atoms with Crippen molar-refractivity contribution in [1.29, 1.82) is 0 Å². The Morgan fingerprint density at radius 1 is 1.16 bits per heavy atom. The summed E-state index contributed by atoms with van der Waals surface area (Å²) in [5.41, 5.74) is 0.0493. The molecule has 0 aliphatic carbocycles. The molecule has 4 rings (SSSR count). The average Bonchev–Trinajstić information content (AvgIpc) is 3.20. The van der Waals surface area contributed by atoms with Crippen molar-refractivity contribution in [1.82, 2.24) is 9.88 Å². The molecule has 1 unspecified atom stereocenters. The van der Waals surface area contributed by atoms with Gasteiger partial charge in [-0.05, 0) is 31.3 Å². The fraction of sp³-hybridized carbons (Fsp3) is 0.364. The van der Waals surface area contributed by atoms with Crippen molar-refractivity contribution >= 4 is 32.6 Å². The molecular formula is C22H23F2N3O3S. The van der Waals surface area contributed by atoms with Crippen LogP contribution in [-0.4, -0.2) is 54.7 Å². The Balaban J connectivity index is 1.64. The van der Waals surface area contributed by atoms with Crippen LogP contribution in [0.3, 0.4) is 0 Å². The lowest BCUT2D eigenvalue weighted by atomic mass is 10.2. The van der Waals surface area contributed by atoms with Gasteiger partial charge in [-0.3, -0.25) is 9.69 Å². The number of rotatable bonds is 7. The van der Waals surface area contributed by atoms with E-state index in [2.05, 4.69) is 9.88 Å². The summed E-state index contributed by atoms with van der Waals surface area (Å²) in [5.74, 6) is -0.685. The monoisotopic (exact) mass is 447 g/mol. The van der Waals surface area contributed by atoms with Gasteiger partial charge in [0.15, 0.2) is 22.4 Å². The van der Waals surface area contributed by atoms with Gasteiger partial charge in [0, 0.05) is 19.2 Å². The van der Waals surface area contributed by atoms with Crippen molar-refractivity contribution in [3.63, 3.8) is 0 Å². The summed E-state index contributed by atoms with van der Waals surface area (Å²) in [6.45, 7) is 6.75. The molecule has 1 amide bonds. The highest BCUT2D eigenvalue weighted by molar-refractivity contribution is 7.22. The predicted molar refractivity (Wildman–Crippen MR) is 116 cm³/mol. The summed E-state index contributed by atoms with van der Waals surface area (Å²) in [5, 5.41) is 0.305. The number of likely N-dealkylation sites (N-methyl/N-ethyl adjacent to an activating group) is 1. The van der Waals surface area contributed by atoms with Crippen LogP contribution in [0.2, 0.25) is 0 Å². The molecule has 2 aromatic carbocycles. The van der Waals surface area contributed by atoms with Crippen LogP contribution in [0.1, 0.15) is 13.8 Å². The lowest BCUT2D eigenvalue weighted by Crippen LogP contribution is -2.48. The van der Waals surface area contributed by atoms with E-state index in [0.29, 0.717) is 34.4 Å². The van der Waals surface area contributed by atoms with Crippen LogP contribution in [0.4, 0.5) is 13.9 Å². The number of carbonyl (C=O) groups excluding carboxylic acids is 1. The zero-order chi connectivity index (χ0) is 22.0. The summed E-state index contributed by atoms with van der Waals surface area (Å²) < 4.78 is 39.8. The first-order chi connectivity index (χ1) is 15.0. The number of carbonyl (C=O) groups is 1. The fourth-order valence-electron chi connectivity index (χ4n) is 3.46. The topological polar surface area (TPSA) is 54.9 Å². The molecule has 0 saturated carbocycles. The van der Waals surface area contributed by atoms with E-state index >= 15 is 0 Å². The SMILES string of the molecule is CCN(CC)CCN(C(=O)C1COc2ccccc2O1)c1nc2c(F)cc(F)cc2s1. The largest absolute Gasteiger partial charge is 0.485 e. The Bertz CT molecular complexity index is 1090. The average molecular weight is 448 g/mol. The van der Waals surface area contributed by atoms with Crippen molar-refractivity contribution in [2.24, 2.45) is 0 Å². The highest BCUT2D eigenvalue weighted by Gasteiger charge is 2.33. The number of amides is 1. The zero-order valence-corrected chi connectivity index (χ0v) is 18.1. The van der Waals surface area contributed by atoms with E-state index in [1.807, 2.05) is 19.9 Å². The maximum Gasteiger partial charge on any atom is 0.273 e. The second kappa shape index (κ2) is 9.15. The number of benzene rings is 2. The summed E-state index contributed by atoms with van der Waals surface area (Å²) >= 11 is 1.08. The maximum atomic E-state index is 14.2. The van der Waals surface area contributed by atoms with Crippen LogP contribution in [-0.2, 0) is 4.79 Å². The number of fused-ring (bicyclic) bond motifs is 2. The number of hydrogen-bond acceptors (Lipinski definition) is 6. The molecule has 1 aliphatic heterocycles. The minimum Gasteiger partial charge on any atom is -0.485 e. The third-order valence-electron chi connectivity index (χ3n) is 5.22. The second-order valence-electron chi connectivity index (χ2n) is 7.11. The summed E-state index contributed by atoms with van der Waals surface area (Å²) in [7, 11) is 0. The first-order valence-corrected chi connectivity index (χ1v) is 11.0. The lowest BCUT2D eigenvalue weighted by Gasteiger charge is -2.30. The van der Waals surface area contributed by atoms with E-state index < -0.39 is 17.7 Å². The van der Waals surface area contributed by atoms with Gasteiger partial charge in [0.05, 0.1) is 4.70 Å². The number of hydrogen-bond donors (Lipinski definition) is 0. The van der Waals surface area contributed by atoms with E-state index in [9.17, 15) is 13.6 Å². The molecule has 0 fully saturated rings. The number of halogens is 2. The molecule has 0 saturated heterocycles. The number of thiazole rings is 1. The van der Waals surface area contributed by atoms with E-state index in [0.717, 1.165) is 30.5 Å². The third kappa shape index (κ3) is 4.47. The van der Waals surface area contributed by atoms with Crippen LogP contribution in [0.15, 0.2) is 36.4 Å². The quantitative estimate of drug-likeness (QED) is 0.546. The van der Waals surface area contributed by atoms with Gasteiger partial charge in [-0.25, -0.2) is 13.8 Å². The van der Waals surface area contributed by atoms with Crippen molar-refractivity contribution in [3.05, 3.63) is 48.0 Å². The fourth-order valence-corrected chi connectivity index (χ4v) is 4.49. The van der Waals surface area contributed by atoms with Gasteiger partial charge in [-0.2, -0.15) is 0 Å². The molecule has 0 radical (unpaired) electrons. The molecule has 1 aromatic heterocycles. The molecule has 164 valence electrons. The number of ether oxygens (including phenoxy) is 2. The normalized spacial score (nSPS) is 15.5. The van der Waals surface area contributed by atoms with E-state index in [1.165, 1.54) is 11.0 Å². The number of para-hydroxylation sites is 2. The van der Waals surface area contributed by atoms with Crippen LogP contribution >= 0.6 is 11.3 Å². The summed E-state index contributed by atoms with van der Waals surface area (Å²) in [6, 6.07) is 9.17. The van der Waals surface area contributed by atoms with Gasteiger partial charge in [0.2, 0.25) is 6.10 Å².